The van der Waals surface area contributed by atoms with Gasteiger partial charge in [-0.25, -0.2) is 4.68 Å². The zero-order valence-electron chi connectivity index (χ0n) is 19.9. The molecular formula is C27H21N5O6. The standard InChI is InChI=1S/C27H21N5O6/c33-13-21-20(34)9-22(38-21)31-11-14(28-29-31)10-30-18-7-3-1-5-15(18)24-25(30)27(36)23-16-6-2-4-8-19(16)32(37)12-17(23)26(24)35/h1-8,11-12,20-22,33-34H,9-10,13H2/t20-,21+,22-/m0/s1. The molecule has 4 heterocycles. The van der Waals surface area contributed by atoms with Gasteiger partial charge in [-0.1, -0.05) is 35.5 Å². The number of benzene rings is 2. The molecule has 0 radical (unpaired) electrons. The molecule has 11 heteroatoms. The third-order valence-electron chi connectivity index (χ3n) is 7.37. The van der Waals surface area contributed by atoms with Crippen LogP contribution in [0.1, 0.15) is 50.3 Å². The molecule has 2 aliphatic rings. The van der Waals surface area contributed by atoms with Gasteiger partial charge in [-0.05, 0) is 12.1 Å². The van der Waals surface area contributed by atoms with Crippen molar-refractivity contribution >= 4 is 33.4 Å². The van der Waals surface area contributed by atoms with E-state index >= 15 is 0 Å². The van der Waals surface area contributed by atoms with Crippen LogP contribution in [0, 0.1) is 5.21 Å². The molecule has 0 bridgehead atoms. The second-order valence-corrected chi connectivity index (χ2v) is 9.55. The molecule has 2 N–H and O–H groups in total. The van der Waals surface area contributed by atoms with E-state index < -0.39 is 18.4 Å². The Labute approximate surface area is 214 Å². The van der Waals surface area contributed by atoms with E-state index in [4.69, 9.17) is 4.74 Å². The number of aliphatic hydroxyl groups excluding tert-OH is 2. The lowest BCUT2D eigenvalue weighted by Crippen LogP contribution is -2.33. The van der Waals surface area contributed by atoms with Crippen LogP contribution < -0.4 is 4.73 Å². The first-order valence-corrected chi connectivity index (χ1v) is 12.2. The normalized spacial score (nSPS) is 20.8. The Hall–Kier alpha value is -4.45. The molecule has 3 aromatic heterocycles. The van der Waals surface area contributed by atoms with Crippen LogP contribution in [0.2, 0.25) is 0 Å². The summed E-state index contributed by atoms with van der Waals surface area (Å²) < 4.78 is 9.54. The van der Waals surface area contributed by atoms with E-state index in [-0.39, 0.29) is 53.5 Å². The van der Waals surface area contributed by atoms with Crippen molar-refractivity contribution in [2.75, 3.05) is 6.61 Å². The Kier molecular flexibility index (Phi) is 4.95. The minimum Gasteiger partial charge on any atom is -0.618 e. The van der Waals surface area contributed by atoms with Crippen LogP contribution in [0.5, 0.6) is 0 Å². The van der Waals surface area contributed by atoms with Gasteiger partial charge in [-0.3, -0.25) is 9.59 Å². The summed E-state index contributed by atoms with van der Waals surface area (Å²) in [5.41, 5.74) is 2.28. The zero-order valence-corrected chi connectivity index (χ0v) is 19.9. The van der Waals surface area contributed by atoms with Gasteiger partial charge in [-0.2, -0.15) is 4.73 Å². The number of para-hydroxylation sites is 2. The molecule has 7 rings (SSSR count). The lowest BCUT2D eigenvalue weighted by Gasteiger charge is -2.18. The van der Waals surface area contributed by atoms with Crippen molar-refractivity contribution in [2.45, 2.75) is 31.4 Å². The molecule has 1 aliphatic carbocycles. The van der Waals surface area contributed by atoms with Gasteiger partial charge < -0.3 is 24.7 Å². The Morgan fingerprint density at radius 2 is 1.82 bits per heavy atom. The predicted octanol–water partition coefficient (Wildman–Crippen LogP) is 1.48. The maximum atomic E-state index is 14.1. The molecule has 2 aromatic carbocycles. The van der Waals surface area contributed by atoms with Gasteiger partial charge in [-0.15, -0.1) is 5.10 Å². The highest BCUT2D eigenvalue weighted by atomic mass is 16.5. The SMILES string of the molecule is O=C1c2c[n+]([O-])c3ccccc3c2C(=O)c2c1c1ccccc1n2Cc1cn([C@@H]2C[C@H](O)[C@@H](CO)O2)nn1. The summed E-state index contributed by atoms with van der Waals surface area (Å²) in [5, 5.41) is 41.5. The smallest absolute Gasteiger partial charge is 0.224 e. The average molecular weight is 511 g/mol. The van der Waals surface area contributed by atoms with Crippen LogP contribution in [0.25, 0.3) is 21.8 Å². The third kappa shape index (κ3) is 3.16. The minimum absolute atomic E-state index is 0.0837. The molecule has 190 valence electrons. The van der Waals surface area contributed by atoms with E-state index in [9.17, 15) is 25.0 Å². The van der Waals surface area contributed by atoms with Crippen LogP contribution in [-0.2, 0) is 11.3 Å². The van der Waals surface area contributed by atoms with E-state index in [1.807, 2.05) is 12.1 Å². The number of pyridine rings is 1. The summed E-state index contributed by atoms with van der Waals surface area (Å²) in [6.45, 7) is -0.158. The van der Waals surface area contributed by atoms with Gasteiger partial charge in [0.2, 0.25) is 17.1 Å². The molecular weight excluding hydrogens is 490 g/mol. The van der Waals surface area contributed by atoms with Crippen LogP contribution >= 0.6 is 0 Å². The van der Waals surface area contributed by atoms with Crippen molar-refractivity contribution in [3.05, 3.63) is 94.2 Å². The molecule has 0 unspecified atom stereocenters. The number of aliphatic hydroxyl groups is 2. The molecule has 11 nitrogen and oxygen atoms in total. The van der Waals surface area contributed by atoms with Crippen LogP contribution in [0.4, 0.5) is 0 Å². The van der Waals surface area contributed by atoms with E-state index in [0.717, 1.165) is 0 Å². The summed E-state index contributed by atoms with van der Waals surface area (Å²) in [7, 11) is 0. The maximum absolute atomic E-state index is 14.1. The number of hydrogen-bond donors (Lipinski definition) is 2. The van der Waals surface area contributed by atoms with E-state index in [2.05, 4.69) is 10.3 Å². The first-order chi connectivity index (χ1) is 18.5. The predicted molar refractivity (Wildman–Crippen MR) is 132 cm³/mol. The highest BCUT2D eigenvalue weighted by molar-refractivity contribution is 6.34. The summed E-state index contributed by atoms with van der Waals surface area (Å²) >= 11 is 0. The minimum atomic E-state index is -0.815. The van der Waals surface area contributed by atoms with Gasteiger partial charge >= 0.3 is 0 Å². The van der Waals surface area contributed by atoms with Crippen molar-refractivity contribution in [2.24, 2.45) is 0 Å². The van der Waals surface area contributed by atoms with E-state index in [1.165, 1.54) is 10.9 Å². The fourth-order valence-corrected chi connectivity index (χ4v) is 5.61. The fraction of sp³-hybridized carbons (Fsp3) is 0.222. The number of carbonyl (C=O) groups is 2. The van der Waals surface area contributed by atoms with Crippen LogP contribution in [0.15, 0.2) is 60.9 Å². The largest absolute Gasteiger partial charge is 0.618 e. The lowest BCUT2D eigenvalue weighted by atomic mass is 9.85. The number of rotatable bonds is 4. The number of ether oxygens (including phenoxy) is 1. The summed E-state index contributed by atoms with van der Waals surface area (Å²) in [6, 6.07) is 14.0. The summed E-state index contributed by atoms with van der Waals surface area (Å²) in [4.78, 5) is 27.9. The Bertz CT molecular complexity index is 1790. The van der Waals surface area contributed by atoms with Crippen molar-refractivity contribution in [3.8, 4) is 0 Å². The van der Waals surface area contributed by atoms with Gasteiger partial charge in [0.05, 0.1) is 47.5 Å². The second-order valence-electron chi connectivity index (χ2n) is 9.55. The molecule has 0 spiro atoms. The van der Waals surface area contributed by atoms with Gasteiger partial charge in [0.15, 0.2) is 12.4 Å². The quantitative estimate of drug-likeness (QED) is 0.267. The average Bonchev–Trinajstić information content (AvgIpc) is 3.63. The molecule has 0 saturated carbocycles. The Balaban J connectivity index is 1.36. The maximum Gasteiger partial charge on any atom is 0.224 e. The van der Waals surface area contributed by atoms with Crippen LogP contribution in [0.3, 0.4) is 0 Å². The first-order valence-electron chi connectivity index (χ1n) is 12.2. The van der Waals surface area contributed by atoms with Crippen molar-refractivity contribution in [3.63, 3.8) is 0 Å². The highest BCUT2D eigenvalue weighted by Gasteiger charge is 2.39. The van der Waals surface area contributed by atoms with E-state index in [1.54, 1.807) is 47.2 Å². The summed E-state index contributed by atoms with van der Waals surface area (Å²) in [5.74, 6) is -0.727. The Morgan fingerprint density at radius 1 is 1.05 bits per heavy atom. The van der Waals surface area contributed by atoms with Crippen molar-refractivity contribution in [1.82, 2.24) is 19.6 Å². The molecule has 1 saturated heterocycles. The first kappa shape index (κ1) is 22.7. The number of fused-ring (bicyclic) bond motifs is 6. The topological polar surface area (TPSA) is 146 Å². The van der Waals surface area contributed by atoms with Gasteiger partial charge in [0, 0.05) is 23.4 Å². The third-order valence-corrected chi connectivity index (χ3v) is 7.37. The molecule has 1 fully saturated rings. The number of carbonyl (C=O) groups excluding carboxylic acids is 2. The molecule has 5 aromatic rings. The summed E-state index contributed by atoms with van der Waals surface area (Å²) in [6.07, 6.45) is 1.01. The number of hydrogen-bond acceptors (Lipinski definition) is 8. The number of ketones is 2. The molecule has 1 aliphatic heterocycles. The second kappa shape index (κ2) is 8.28. The fourth-order valence-electron chi connectivity index (χ4n) is 5.61. The van der Waals surface area contributed by atoms with Crippen LogP contribution in [-0.4, -0.2) is 60.2 Å². The molecule has 38 heavy (non-hydrogen) atoms. The zero-order chi connectivity index (χ0) is 26.1. The molecule has 3 atom stereocenters. The van der Waals surface area contributed by atoms with Crippen molar-refractivity contribution < 1.29 is 29.3 Å². The van der Waals surface area contributed by atoms with E-state index in [0.29, 0.717) is 32.2 Å². The lowest BCUT2D eigenvalue weighted by molar-refractivity contribution is -0.577. The van der Waals surface area contributed by atoms with Gasteiger partial charge in [0.1, 0.15) is 17.5 Å². The highest BCUT2D eigenvalue weighted by Crippen LogP contribution is 2.37. The monoisotopic (exact) mass is 511 g/mol. The number of aromatic nitrogens is 5. The Morgan fingerprint density at radius 3 is 2.61 bits per heavy atom. The molecule has 0 amide bonds. The van der Waals surface area contributed by atoms with Crippen molar-refractivity contribution in [1.29, 1.82) is 0 Å². The number of nitrogens with zero attached hydrogens (tertiary/aromatic N) is 5. The van der Waals surface area contributed by atoms with Gasteiger partial charge in [0.25, 0.3) is 0 Å².